The Morgan fingerprint density at radius 1 is 1.32 bits per heavy atom. The van der Waals surface area contributed by atoms with Crippen molar-refractivity contribution in [3.8, 4) is 17.6 Å². The molecule has 0 aromatic heterocycles. The van der Waals surface area contributed by atoms with Crippen molar-refractivity contribution in [3.05, 3.63) is 46.6 Å². The van der Waals surface area contributed by atoms with E-state index in [1.54, 1.807) is 25.1 Å². The molecule has 7 nitrogen and oxygen atoms in total. The van der Waals surface area contributed by atoms with Crippen LogP contribution in [0.4, 0.5) is 0 Å². The van der Waals surface area contributed by atoms with Gasteiger partial charge in [0.05, 0.1) is 32.3 Å². The normalized spacial score (nSPS) is 16.8. The summed E-state index contributed by atoms with van der Waals surface area (Å²) in [5, 5.41) is 19.5. The van der Waals surface area contributed by atoms with Crippen LogP contribution in [0.2, 0.25) is 0 Å². The maximum absolute atomic E-state index is 12.4. The SMILES string of the molecule is CCOC(=O)C1=C(C)OC(O)=C(C#N)C1c1ccc(OC)c(OC)c1. The lowest BCUT2D eigenvalue weighted by Crippen LogP contribution is -2.23. The highest BCUT2D eigenvalue weighted by atomic mass is 16.6. The average molecular weight is 345 g/mol. The number of ether oxygens (including phenoxy) is 4. The maximum atomic E-state index is 12.4. The number of allylic oxidation sites excluding steroid dienone is 2. The summed E-state index contributed by atoms with van der Waals surface area (Å²) < 4.78 is 20.7. The summed E-state index contributed by atoms with van der Waals surface area (Å²) in [5.74, 6) is -0.868. The number of carbonyl (C=O) groups is 1. The zero-order valence-electron chi connectivity index (χ0n) is 14.5. The molecule has 1 aliphatic rings. The number of aliphatic hydroxyl groups is 1. The molecule has 0 saturated carbocycles. The summed E-state index contributed by atoms with van der Waals surface area (Å²) >= 11 is 0. The van der Waals surface area contributed by atoms with Crippen molar-refractivity contribution >= 4 is 5.97 Å². The number of carbonyl (C=O) groups excluding carboxylic acids is 1. The molecule has 2 rings (SSSR count). The van der Waals surface area contributed by atoms with Crippen LogP contribution < -0.4 is 9.47 Å². The van der Waals surface area contributed by atoms with Crippen LogP contribution in [-0.4, -0.2) is 31.9 Å². The van der Waals surface area contributed by atoms with Gasteiger partial charge in [0.2, 0.25) is 0 Å². The summed E-state index contributed by atoms with van der Waals surface area (Å²) in [4.78, 5) is 12.4. The van der Waals surface area contributed by atoms with E-state index < -0.39 is 17.8 Å². The first-order valence-corrected chi connectivity index (χ1v) is 7.59. The number of benzene rings is 1. The molecule has 7 heteroatoms. The molecule has 0 aliphatic carbocycles. The van der Waals surface area contributed by atoms with Gasteiger partial charge in [0.15, 0.2) is 11.5 Å². The molecule has 1 aliphatic heterocycles. The largest absolute Gasteiger partial charge is 0.493 e. The molecule has 132 valence electrons. The summed E-state index contributed by atoms with van der Waals surface area (Å²) in [5.41, 5.74) is 0.635. The Kier molecular flexibility index (Phi) is 5.55. The molecule has 1 aromatic carbocycles. The number of hydrogen-bond donors (Lipinski definition) is 1. The van der Waals surface area contributed by atoms with Crippen LogP contribution in [0.25, 0.3) is 0 Å². The molecular weight excluding hydrogens is 326 g/mol. The van der Waals surface area contributed by atoms with Crippen LogP contribution in [-0.2, 0) is 14.3 Å². The minimum absolute atomic E-state index is 0.0825. The summed E-state index contributed by atoms with van der Waals surface area (Å²) in [6, 6.07) is 6.90. The molecule has 0 bridgehead atoms. The van der Waals surface area contributed by atoms with E-state index >= 15 is 0 Å². The third-order valence-electron chi connectivity index (χ3n) is 3.79. The first kappa shape index (κ1) is 18.2. The molecule has 0 amide bonds. The van der Waals surface area contributed by atoms with Crippen molar-refractivity contribution in [2.45, 2.75) is 19.8 Å². The predicted molar refractivity (Wildman–Crippen MR) is 88.0 cm³/mol. The molecule has 1 unspecified atom stereocenters. The van der Waals surface area contributed by atoms with Crippen molar-refractivity contribution in [1.82, 2.24) is 0 Å². The Morgan fingerprint density at radius 2 is 2.00 bits per heavy atom. The molecule has 0 radical (unpaired) electrons. The van der Waals surface area contributed by atoms with E-state index in [2.05, 4.69) is 0 Å². The minimum atomic E-state index is -0.836. The molecule has 1 aromatic rings. The number of nitriles is 1. The monoisotopic (exact) mass is 345 g/mol. The van der Waals surface area contributed by atoms with E-state index in [0.717, 1.165) is 0 Å². The van der Waals surface area contributed by atoms with Gasteiger partial charge >= 0.3 is 5.97 Å². The Bertz CT molecular complexity index is 787. The highest BCUT2D eigenvalue weighted by Gasteiger charge is 2.37. The molecule has 1 heterocycles. The summed E-state index contributed by atoms with van der Waals surface area (Å²) in [7, 11) is 2.99. The van der Waals surface area contributed by atoms with Gasteiger partial charge in [-0.15, -0.1) is 0 Å². The lowest BCUT2D eigenvalue weighted by molar-refractivity contribution is -0.139. The molecule has 1 atom stereocenters. The number of nitrogens with zero attached hydrogens (tertiary/aromatic N) is 1. The van der Waals surface area contributed by atoms with Gasteiger partial charge in [-0.3, -0.25) is 0 Å². The number of hydrogen-bond acceptors (Lipinski definition) is 7. The number of rotatable bonds is 5. The van der Waals surface area contributed by atoms with Crippen LogP contribution >= 0.6 is 0 Å². The highest BCUT2D eigenvalue weighted by Crippen LogP contribution is 2.42. The van der Waals surface area contributed by atoms with Gasteiger partial charge in [-0.05, 0) is 31.5 Å². The predicted octanol–water partition coefficient (Wildman–Crippen LogP) is 2.95. The van der Waals surface area contributed by atoms with Crippen LogP contribution in [0.3, 0.4) is 0 Å². The van der Waals surface area contributed by atoms with Gasteiger partial charge in [-0.25, -0.2) is 4.79 Å². The van der Waals surface area contributed by atoms with Crippen molar-refractivity contribution in [3.63, 3.8) is 0 Å². The topological polar surface area (TPSA) is 98.0 Å². The van der Waals surface area contributed by atoms with E-state index in [4.69, 9.17) is 18.9 Å². The van der Waals surface area contributed by atoms with E-state index in [1.165, 1.54) is 21.1 Å². The molecule has 0 spiro atoms. The summed E-state index contributed by atoms with van der Waals surface area (Å²) in [6.45, 7) is 3.39. The van der Waals surface area contributed by atoms with E-state index in [-0.39, 0.29) is 23.5 Å². The second kappa shape index (κ2) is 7.62. The quantitative estimate of drug-likeness (QED) is 0.819. The second-order valence-electron chi connectivity index (χ2n) is 5.17. The van der Waals surface area contributed by atoms with Gasteiger partial charge < -0.3 is 24.1 Å². The van der Waals surface area contributed by atoms with Gasteiger partial charge in [0.25, 0.3) is 5.95 Å². The summed E-state index contributed by atoms with van der Waals surface area (Å²) in [6.07, 6.45) is 0. The fourth-order valence-corrected chi connectivity index (χ4v) is 2.67. The zero-order chi connectivity index (χ0) is 18.6. The van der Waals surface area contributed by atoms with Gasteiger partial charge in [0.1, 0.15) is 17.4 Å². The average Bonchev–Trinajstić information content (AvgIpc) is 2.60. The molecule has 1 N–H and O–H groups in total. The van der Waals surface area contributed by atoms with Crippen molar-refractivity contribution in [2.24, 2.45) is 0 Å². The van der Waals surface area contributed by atoms with Gasteiger partial charge in [-0.2, -0.15) is 5.26 Å². The van der Waals surface area contributed by atoms with Gasteiger partial charge in [0, 0.05) is 0 Å². The molecule has 0 saturated heterocycles. The Hall–Kier alpha value is -3.14. The smallest absolute Gasteiger partial charge is 0.338 e. The van der Waals surface area contributed by atoms with E-state index in [1.807, 2.05) is 6.07 Å². The van der Waals surface area contributed by atoms with Crippen LogP contribution in [0.15, 0.2) is 41.0 Å². The lowest BCUT2D eigenvalue weighted by Gasteiger charge is -2.26. The van der Waals surface area contributed by atoms with E-state index in [0.29, 0.717) is 17.1 Å². The standard InChI is InChI=1S/C18H19NO6/c1-5-24-18(21)15-10(2)25-17(20)12(9-19)16(15)11-6-7-13(22-3)14(8-11)23-4/h6-8,16,20H,5H2,1-4H3. The van der Waals surface area contributed by atoms with Crippen LogP contribution in [0.1, 0.15) is 25.3 Å². The fourth-order valence-electron chi connectivity index (χ4n) is 2.67. The number of esters is 1. The number of methoxy groups -OCH3 is 2. The number of aliphatic hydroxyl groups excluding tert-OH is 1. The van der Waals surface area contributed by atoms with Crippen molar-refractivity contribution in [1.29, 1.82) is 5.26 Å². The molecule has 25 heavy (non-hydrogen) atoms. The van der Waals surface area contributed by atoms with E-state index in [9.17, 15) is 15.2 Å². The first-order valence-electron chi connectivity index (χ1n) is 7.59. The maximum Gasteiger partial charge on any atom is 0.338 e. The van der Waals surface area contributed by atoms with Gasteiger partial charge in [-0.1, -0.05) is 6.07 Å². The van der Waals surface area contributed by atoms with Crippen LogP contribution in [0, 0.1) is 11.3 Å². The molecular formula is C18H19NO6. The zero-order valence-corrected chi connectivity index (χ0v) is 14.5. The third kappa shape index (κ3) is 3.38. The lowest BCUT2D eigenvalue weighted by atomic mass is 9.83. The second-order valence-corrected chi connectivity index (χ2v) is 5.17. The van der Waals surface area contributed by atoms with Crippen molar-refractivity contribution < 1.29 is 28.8 Å². The Balaban J connectivity index is 2.64. The van der Waals surface area contributed by atoms with Crippen molar-refractivity contribution in [2.75, 3.05) is 20.8 Å². The highest BCUT2D eigenvalue weighted by molar-refractivity contribution is 5.92. The first-order chi connectivity index (χ1) is 12.0. The minimum Gasteiger partial charge on any atom is -0.493 e. The van der Waals surface area contributed by atoms with Crippen LogP contribution in [0.5, 0.6) is 11.5 Å². The third-order valence-corrected chi connectivity index (χ3v) is 3.79. The Morgan fingerprint density at radius 3 is 2.56 bits per heavy atom. The Labute approximate surface area is 145 Å². The fraction of sp³-hybridized carbons (Fsp3) is 0.333. The molecule has 0 fully saturated rings.